The van der Waals surface area contributed by atoms with Gasteiger partial charge in [0.25, 0.3) is 5.56 Å². The molecular weight excluding hydrogens is 406 g/mol. The molecule has 2 aliphatic carbocycles. The summed E-state index contributed by atoms with van der Waals surface area (Å²) in [5.74, 6) is 2.49. The first-order chi connectivity index (χ1) is 15.1. The lowest BCUT2D eigenvalue weighted by Crippen LogP contribution is -2.41. The van der Waals surface area contributed by atoms with Crippen LogP contribution in [0.3, 0.4) is 0 Å². The maximum absolute atomic E-state index is 13.2. The molecule has 1 heterocycles. The zero-order chi connectivity index (χ0) is 21.4. The fourth-order valence-electron chi connectivity index (χ4n) is 5.45. The van der Waals surface area contributed by atoms with Crippen LogP contribution in [0.4, 0.5) is 0 Å². The predicted molar refractivity (Wildman–Crippen MR) is 125 cm³/mol. The number of nitrogens with one attached hydrogen (secondary N) is 1. The first-order valence-electron chi connectivity index (χ1n) is 11.1. The SMILES string of the molecule is CC(NC(=O)CSc1nc2ccccc2c(=O)n1-c1ccccc1)C1CC2CCC1C2. The highest BCUT2D eigenvalue weighted by molar-refractivity contribution is 7.99. The standard InChI is InChI=1S/C25H27N3O2S/c1-16(21-14-17-11-12-18(21)13-17)26-23(29)15-31-25-27-22-10-6-5-9-20(22)24(30)28(25)19-7-3-2-4-8-19/h2-10,16-18,21H,11-15H2,1H3,(H,26,29). The van der Waals surface area contributed by atoms with Crippen molar-refractivity contribution in [1.29, 1.82) is 0 Å². The quantitative estimate of drug-likeness (QED) is 0.462. The minimum Gasteiger partial charge on any atom is -0.353 e. The molecule has 2 fully saturated rings. The van der Waals surface area contributed by atoms with Gasteiger partial charge in [0.2, 0.25) is 5.91 Å². The molecule has 1 aromatic heterocycles. The van der Waals surface area contributed by atoms with Gasteiger partial charge in [-0.1, -0.05) is 48.5 Å². The molecule has 0 radical (unpaired) electrons. The maximum Gasteiger partial charge on any atom is 0.266 e. The van der Waals surface area contributed by atoms with Gasteiger partial charge in [-0.25, -0.2) is 4.98 Å². The summed E-state index contributed by atoms with van der Waals surface area (Å²) in [5, 5.41) is 4.33. The van der Waals surface area contributed by atoms with Gasteiger partial charge in [-0.05, 0) is 68.2 Å². The molecule has 1 amide bonds. The van der Waals surface area contributed by atoms with Crippen molar-refractivity contribution in [3.63, 3.8) is 0 Å². The highest BCUT2D eigenvalue weighted by Gasteiger charge is 2.42. The molecule has 3 aromatic rings. The third kappa shape index (κ3) is 4.01. The van der Waals surface area contributed by atoms with Crippen LogP contribution < -0.4 is 10.9 Å². The van der Waals surface area contributed by atoms with E-state index in [1.165, 1.54) is 37.4 Å². The average Bonchev–Trinajstić information content (AvgIpc) is 3.42. The molecule has 2 saturated carbocycles. The summed E-state index contributed by atoms with van der Waals surface area (Å²) in [6, 6.07) is 17.0. The van der Waals surface area contributed by atoms with Crippen molar-refractivity contribution in [3.05, 3.63) is 65.0 Å². The molecule has 160 valence electrons. The first-order valence-corrected chi connectivity index (χ1v) is 12.1. The Bertz CT molecular complexity index is 1160. The highest BCUT2D eigenvalue weighted by Crippen LogP contribution is 2.49. The molecular formula is C25H27N3O2S. The van der Waals surface area contributed by atoms with Crippen LogP contribution in [-0.4, -0.2) is 27.3 Å². The molecule has 5 nitrogen and oxygen atoms in total. The number of benzene rings is 2. The Morgan fingerprint density at radius 1 is 1.13 bits per heavy atom. The minimum absolute atomic E-state index is 0.00212. The summed E-state index contributed by atoms with van der Waals surface area (Å²) in [6.45, 7) is 2.14. The predicted octanol–water partition coefficient (Wildman–Crippen LogP) is 4.42. The van der Waals surface area contributed by atoms with E-state index in [4.69, 9.17) is 4.98 Å². The molecule has 4 atom stereocenters. The fraction of sp³-hybridized carbons (Fsp3) is 0.400. The molecule has 0 aliphatic heterocycles. The van der Waals surface area contributed by atoms with E-state index in [1.54, 1.807) is 10.6 Å². The van der Waals surface area contributed by atoms with E-state index in [-0.39, 0.29) is 23.3 Å². The number of amides is 1. The molecule has 2 aliphatic rings. The number of nitrogens with zero attached hydrogens (tertiary/aromatic N) is 2. The Kier molecular flexibility index (Phi) is 5.57. The van der Waals surface area contributed by atoms with Gasteiger partial charge in [0.1, 0.15) is 0 Å². The Morgan fingerprint density at radius 3 is 2.65 bits per heavy atom. The Hall–Kier alpha value is -2.60. The van der Waals surface area contributed by atoms with Gasteiger partial charge in [0.05, 0.1) is 22.3 Å². The van der Waals surface area contributed by atoms with Crippen LogP contribution in [0, 0.1) is 17.8 Å². The Morgan fingerprint density at radius 2 is 1.90 bits per heavy atom. The van der Waals surface area contributed by atoms with Crippen molar-refractivity contribution in [2.45, 2.75) is 43.8 Å². The monoisotopic (exact) mass is 433 g/mol. The second-order valence-corrected chi connectivity index (χ2v) is 9.81. The van der Waals surface area contributed by atoms with E-state index in [2.05, 4.69) is 12.2 Å². The van der Waals surface area contributed by atoms with Gasteiger partial charge >= 0.3 is 0 Å². The van der Waals surface area contributed by atoms with Crippen molar-refractivity contribution < 1.29 is 4.79 Å². The van der Waals surface area contributed by atoms with Crippen molar-refractivity contribution >= 4 is 28.6 Å². The first kappa shape index (κ1) is 20.3. The Balaban J connectivity index is 1.36. The van der Waals surface area contributed by atoms with Crippen LogP contribution in [0.2, 0.25) is 0 Å². The maximum atomic E-state index is 13.2. The van der Waals surface area contributed by atoms with Crippen LogP contribution in [-0.2, 0) is 4.79 Å². The summed E-state index contributed by atoms with van der Waals surface area (Å²) < 4.78 is 1.61. The van der Waals surface area contributed by atoms with Gasteiger partial charge in [-0.2, -0.15) is 0 Å². The van der Waals surface area contributed by atoms with E-state index in [1.807, 2.05) is 48.5 Å². The van der Waals surface area contributed by atoms with Gasteiger partial charge in [-0.3, -0.25) is 14.2 Å². The minimum atomic E-state index is -0.116. The third-order valence-electron chi connectivity index (χ3n) is 6.92. The molecule has 2 bridgehead atoms. The third-order valence-corrected chi connectivity index (χ3v) is 7.85. The average molecular weight is 434 g/mol. The number of hydrogen-bond acceptors (Lipinski definition) is 4. The second-order valence-electron chi connectivity index (χ2n) is 8.87. The number of aromatic nitrogens is 2. The number of fused-ring (bicyclic) bond motifs is 3. The molecule has 4 unspecified atom stereocenters. The van der Waals surface area contributed by atoms with E-state index < -0.39 is 0 Å². The molecule has 2 aromatic carbocycles. The van der Waals surface area contributed by atoms with Gasteiger partial charge in [0.15, 0.2) is 5.16 Å². The summed E-state index contributed by atoms with van der Waals surface area (Å²) in [5.41, 5.74) is 1.29. The summed E-state index contributed by atoms with van der Waals surface area (Å²) in [6.07, 6.45) is 5.26. The number of hydrogen-bond donors (Lipinski definition) is 1. The van der Waals surface area contributed by atoms with Crippen molar-refractivity contribution in [2.24, 2.45) is 17.8 Å². The van der Waals surface area contributed by atoms with Crippen molar-refractivity contribution in [1.82, 2.24) is 14.9 Å². The van der Waals surface area contributed by atoms with Crippen LogP contribution in [0.25, 0.3) is 16.6 Å². The molecule has 0 saturated heterocycles. The lowest BCUT2D eigenvalue weighted by atomic mass is 9.84. The number of thioether (sulfide) groups is 1. The lowest BCUT2D eigenvalue weighted by molar-refractivity contribution is -0.119. The van der Waals surface area contributed by atoms with Gasteiger partial charge < -0.3 is 5.32 Å². The van der Waals surface area contributed by atoms with E-state index in [0.29, 0.717) is 22.0 Å². The van der Waals surface area contributed by atoms with Crippen LogP contribution >= 0.6 is 11.8 Å². The largest absolute Gasteiger partial charge is 0.353 e. The van der Waals surface area contributed by atoms with E-state index >= 15 is 0 Å². The van der Waals surface area contributed by atoms with Gasteiger partial charge in [-0.15, -0.1) is 0 Å². The normalized spacial score (nSPS) is 23.2. The second kappa shape index (κ2) is 8.50. The summed E-state index contributed by atoms with van der Waals surface area (Å²) in [4.78, 5) is 30.7. The van der Waals surface area contributed by atoms with Crippen molar-refractivity contribution in [3.8, 4) is 5.69 Å². The molecule has 0 spiro atoms. The van der Waals surface area contributed by atoms with Crippen LogP contribution in [0.5, 0.6) is 0 Å². The topological polar surface area (TPSA) is 64.0 Å². The number of para-hydroxylation sites is 2. The van der Waals surface area contributed by atoms with Gasteiger partial charge in [0, 0.05) is 6.04 Å². The fourth-order valence-corrected chi connectivity index (χ4v) is 6.28. The number of rotatable bonds is 6. The van der Waals surface area contributed by atoms with Crippen molar-refractivity contribution in [2.75, 3.05) is 5.75 Å². The zero-order valence-electron chi connectivity index (χ0n) is 17.7. The van der Waals surface area contributed by atoms with E-state index in [0.717, 1.165) is 17.5 Å². The lowest BCUT2D eigenvalue weighted by Gasteiger charge is -2.28. The molecule has 1 N–H and O–H groups in total. The molecule has 5 rings (SSSR count). The molecule has 6 heteroatoms. The van der Waals surface area contributed by atoms with Crippen LogP contribution in [0.15, 0.2) is 64.5 Å². The smallest absolute Gasteiger partial charge is 0.266 e. The number of carbonyl (C=O) groups excluding carboxylic acids is 1. The highest BCUT2D eigenvalue weighted by atomic mass is 32.2. The number of carbonyl (C=O) groups is 1. The van der Waals surface area contributed by atoms with Crippen LogP contribution in [0.1, 0.15) is 32.6 Å². The zero-order valence-corrected chi connectivity index (χ0v) is 18.5. The summed E-state index contributed by atoms with van der Waals surface area (Å²) >= 11 is 1.32. The Labute approximate surface area is 186 Å². The molecule has 31 heavy (non-hydrogen) atoms. The van der Waals surface area contributed by atoms with E-state index in [9.17, 15) is 9.59 Å². The summed E-state index contributed by atoms with van der Waals surface area (Å²) in [7, 11) is 0.